The van der Waals surface area contributed by atoms with Gasteiger partial charge in [0.1, 0.15) is 0 Å². The topological polar surface area (TPSA) is 71.3 Å². The third-order valence-corrected chi connectivity index (χ3v) is 7.17. The number of halogens is 2. The first-order chi connectivity index (χ1) is 13.8. The number of hydrogen-bond acceptors (Lipinski definition) is 3. The molecule has 0 amide bonds. The van der Waals surface area contributed by atoms with Gasteiger partial charge in [-0.25, -0.2) is 13.1 Å². The van der Waals surface area contributed by atoms with Crippen molar-refractivity contribution >= 4 is 63.7 Å². The molecule has 8 heteroatoms. The second-order valence-corrected chi connectivity index (χ2v) is 10.4. The molecule has 29 heavy (non-hydrogen) atoms. The van der Waals surface area contributed by atoms with E-state index in [9.17, 15) is 13.5 Å². The predicted octanol–water partition coefficient (Wildman–Crippen LogP) is 4.66. The number of rotatable bonds is 6. The zero-order chi connectivity index (χ0) is 20.6. The summed E-state index contributed by atoms with van der Waals surface area (Å²) >= 11 is 7.04. The molecule has 4 aromatic rings. The normalized spacial score (nSPS) is 13.2. The lowest BCUT2D eigenvalue weighted by Gasteiger charge is -2.15. The summed E-state index contributed by atoms with van der Waals surface area (Å²) in [5.41, 5.74) is 1.96. The quantitative estimate of drug-likeness (QED) is 0.376. The Morgan fingerprint density at radius 1 is 0.897 bits per heavy atom. The summed E-state index contributed by atoms with van der Waals surface area (Å²) in [5, 5.41) is 12.7. The fraction of sp³-hybridized carbons (Fsp3) is 0.143. The summed E-state index contributed by atoms with van der Waals surface area (Å²) in [6, 6.07) is 20.1. The van der Waals surface area contributed by atoms with Crippen molar-refractivity contribution in [3.8, 4) is 0 Å². The van der Waals surface area contributed by atoms with Gasteiger partial charge >= 0.3 is 0 Å². The second-order valence-electron chi connectivity index (χ2n) is 6.75. The zero-order valence-electron chi connectivity index (χ0n) is 15.2. The number of nitrogens with zero attached hydrogens (tertiary/aromatic N) is 1. The summed E-state index contributed by atoms with van der Waals surface area (Å²) < 4.78 is 31.3. The predicted molar refractivity (Wildman–Crippen MR) is 122 cm³/mol. The van der Waals surface area contributed by atoms with Crippen LogP contribution in [-0.2, 0) is 16.6 Å². The lowest BCUT2D eigenvalue weighted by molar-refractivity contribution is 0.161. The van der Waals surface area contributed by atoms with Crippen LogP contribution in [0.25, 0.3) is 21.8 Å². The molecule has 0 aliphatic heterocycles. The van der Waals surface area contributed by atoms with E-state index in [1.807, 2.05) is 41.0 Å². The van der Waals surface area contributed by atoms with Crippen molar-refractivity contribution in [2.24, 2.45) is 0 Å². The molecule has 0 bridgehead atoms. The number of hydrogen-bond donors (Lipinski definition) is 2. The van der Waals surface area contributed by atoms with Crippen molar-refractivity contribution < 1.29 is 13.5 Å². The molecule has 0 aliphatic rings. The highest BCUT2D eigenvalue weighted by molar-refractivity contribution is 9.10. The Labute approximate surface area is 185 Å². The Kier molecular flexibility index (Phi) is 5.81. The summed E-state index contributed by atoms with van der Waals surface area (Å²) in [5.74, 6) is 0. The van der Waals surface area contributed by atoms with Crippen LogP contribution in [0.2, 0.25) is 0 Å². The van der Waals surface area contributed by atoms with Crippen molar-refractivity contribution in [1.82, 2.24) is 9.29 Å². The Morgan fingerprint density at radius 2 is 1.45 bits per heavy atom. The molecule has 1 aromatic heterocycles. The molecule has 0 unspecified atom stereocenters. The van der Waals surface area contributed by atoms with Gasteiger partial charge in [-0.05, 0) is 48.5 Å². The highest BCUT2D eigenvalue weighted by atomic mass is 79.9. The maximum Gasteiger partial charge on any atom is 0.240 e. The molecule has 0 saturated heterocycles. The van der Waals surface area contributed by atoms with Crippen molar-refractivity contribution in [3.63, 3.8) is 0 Å². The van der Waals surface area contributed by atoms with Crippen LogP contribution >= 0.6 is 31.9 Å². The van der Waals surface area contributed by atoms with E-state index in [-0.39, 0.29) is 18.0 Å². The van der Waals surface area contributed by atoms with Gasteiger partial charge in [0.15, 0.2) is 0 Å². The first-order valence-corrected chi connectivity index (χ1v) is 12.0. The van der Waals surface area contributed by atoms with Gasteiger partial charge in [0.25, 0.3) is 0 Å². The standard InChI is InChI=1S/C21H18Br2N2O3S/c22-14-6-8-20-18(10-14)19-11-15(23)7-9-21(19)25(20)13-16(26)12-24-29(27,28)17-4-2-1-3-5-17/h1-11,16,24,26H,12-13H2/t16-/m1/s1. The summed E-state index contributed by atoms with van der Waals surface area (Å²) in [6.07, 6.45) is -0.889. The number of aliphatic hydroxyl groups excluding tert-OH is 1. The van der Waals surface area contributed by atoms with Crippen LogP contribution in [0.5, 0.6) is 0 Å². The molecule has 4 rings (SSSR count). The average Bonchev–Trinajstić information content (AvgIpc) is 2.99. The largest absolute Gasteiger partial charge is 0.390 e. The van der Waals surface area contributed by atoms with Crippen LogP contribution < -0.4 is 4.72 Å². The maximum atomic E-state index is 12.4. The Hall–Kier alpha value is -1.71. The molecule has 0 radical (unpaired) electrons. The van der Waals surface area contributed by atoms with Crippen molar-refractivity contribution in [2.75, 3.05) is 6.54 Å². The molecule has 0 saturated carbocycles. The molecule has 5 nitrogen and oxygen atoms in total. The van der Waals surface area contributed by atoms with Gasteiger partial charge in [-0.15, -0.1) is 0 Å². The van der Waals surface area contributed by atoms with Gasteiger partial charge in [0.2, 0.25) is 10.0 Å². The minimum absolute atomic E-state index is 0.0779. The van der Waals surface area contributed by atoms with Crippen LogP contribution in [0.1, 0.15) is 0 Å². The van der Waals surface area contributed by atoms with Crippen LogP contribution in [-0.4, -0.2) is 30.7 Å². The number of fused-ring (bicyclic) bond motifs is 3. The van der Waals surface area contributed by atoms with Crippen LogP contribution in [0.15, 0.2) is 80.6 Å². The average molecular weight is 538 g/mol. The van der Waals surface area contributed by atoms with Crippen LogP contribution in [0.4, 0.5) is 0 Å². The minimum Gasteiger partial charge on any atom is -0.390 e. The number of sulfonamides is 1. The van der Waals surface area contributed by atoms with Crippen molar-refractivity contribution in [2.45, 2.75) is 17.5 Å². The number of aliphatic hydroxyl groups is 1. The van der Waals surface area contributed by atoms with E-state index in [1.54, 1.807) is 18.2 Å². The molecule has 1 heterocycles. The van der Waals surface area contributed by atoms with E-state index >= 15 is 0 Å². The fourth-order valence-electron chi connectivity index (χ4n) is 3.41. The number of nitrogens with one attached hydrogen (secondary N) is 1. The van der Waals surface area contributed by atoms with Crippen molar-refractivity contribution in [3.05, 3.63) is 75.7 Å². The smallest absolute Gasteiger partial charge is 0.240 e. The van der Waals surface area contributed by atoms with Gasteiger partial charge < -0.3 is 9.67 Å². The Morgan fingerprint density at radius 3 is 2.00 bits per heavy atom. The number of benzene rings is 3. The van der Waals surface area contributed by atoms with Gasteiger partial charge in [-0.3, -0.25) is 0 Å². The van der Waals surface area contributed by atoms with Crippen LogP contribution in [0.3, 0.4) is 0 Å². The third kappa shape index (κ3) is 4.27. The first-order valence-electron chi connectivity index (χ1n) is 8.95. The van der Waals surface area contributed by atoms with E-state index in [1.165, 1.54) is 12.1 Å². The van der Waals surface area contributed by atoms with E-state index in [0.717, 1.165) is 30.8 Å². The monoisotopic (exact) mass is 536 g/mol. The second kappa shape index (κ2) is 8.20. The SMILES string of the molecule is O=S(=O)(NC[C@@H](O)Cn1c2ccc(Br)cc2c2cc(Br)ccc21)c1ccccc1. The van der Waals surface area contributed by atoms with Gasteiger partial charge in [-0.1, -0.05) is 50.1 Å². The molecule has 2 N–H and O–H groups in total. The Balaban J connectivity index is 1.62. The molecular formula is C21H18Br2N2O3S. The van der Waals surface area contributed by atoms with E-state index < -0.39 is 16.1 Å². The lowest BCUT2D eigenvalue weighted by Crippen LogP contribution is -2.34. The molecular weight excluding hydrogens is 520 g/mol. The Bertz CT molecular complexity index is 1230. The molecule has 0 spiro atoms. The van der Waals surface area contributed by atoms with Gasteiger partial charge in [0.05, 0.1) is 17.5 Å². The minimum atomic E-state index is -3.66. The van der Waals surface area contributed by atoms with Gasteiger partial charge in [-0.2, -0.15) is 0 Å². The third-order valence-electron chi connectivity index (χ3n) is 4.74. The maximum absolute atomic E-state index is 12.4. The van der Waals surface area contributed by atoms with E-state index in [0.29, 0.717) is 0 Å². The first kappa shape index (κ1) is 20.6. The van der Waals surface area contributed by atoms with E-state index in [4.69, 9.17) is 0 Å². The summed E-state index contributed by atoms with van der Waals surface area (Å²) in [7, 11) is -3.66. The fourth-order valence-corrected chi connectivity index (χ4v) is 5.23. The van der Waals surface area contributed by atoms with Crippen LogP contribution in [0, 0.1) is 0 Å². The molecule has 3 aromatic carbocycles. The molecule has 1 atom stereocenters. The highest BCUT2D eigenvalue weighted by Crippen LogP contribution is 2.33. The highest BCUT2D eigenvalue weighted by Gasteiger charge is 2.18. The summed E-state index contributed by atoms with van der Waals surface area (Å²) in [6.45, 7) is 0.187. The lowest BCUT2D eigenvalue weighted by atomic mass is 10.2. The van der Waals surface area contributed by atoms with Gasteiger partial charge in [0, 0.05) is 37.3 Å². The molecule has 150 valence electrons. The zero-order valence-corrected chi connectivity index (χ0v) is 19.2. The summed E-state index contributed by atoms with van der Waals surface area (Å²) in [4.78, 5) is 0.179. The van der Waals surface area contributed by atoms with Crippen molar-refractivity contribution in [1.29, 1.82) is 0 Å². The molecule has 0 aliphatic carbocycles. The number of aromatic nitrogens is 1. The molecule has 0 fully saturated rings. The van der Waals surface area contributed by atoms with E-state index in [2.05, 4.69) is 36.6 Å².